The van der Waals surface area contributed by atoms with Crippen molar-refractivity contribution in [2.45, 2.75) is 32.8 Å². The first-order valence-corrected chi connectivity index (χ1v) is 8.28. The molecule has 0 aliphatic heterocycles. The summed E-state index contributed by atoms with van der Waals surface area (Å²) in [5.41, 5.74) is 3.08. The van der Waals surface area contributed by atoms with Crippen LogP contribution in [-0.2, 0) is 29.0 Å². The number of aryl methyl sites for hydroxylation is 2. The van der Waals surface area contributed by atoms with E-state index in [1.165, 1.54) is 5.39 Å². The lowest BCUT2D eigenvalue weighted by Gasteiger charge is -2.02. The van der Waals surface area contributed by atoms with E-state index >= 15 is 0 Å². The maximum atomic E-state index is 11.9. The van der Waals surface area contributed by atoms with E-state index in [1.807, 2.05) is 29.8 Å². The quantitative estimate of drug-likeness (QED) is 0.703. The van der Waals surface area contributed by atoms with Crippen molar-refractivity contribution in [3.63, 3.8) is 0 Å². The summed E-state index contributed by atoms with van der Waals surface area (Å²) in [7, 11) is 0. The predicted molar refractivity (Wildman–Crippen MR) is 87.9 cm³/mol. The molecule has 0 aliphatic rings. The Morgan fingerprint density at radius 1 is 1.36 bits per heavy atom. The monoisotopic (exact) mass is 314 g/mol. The molecule has 114 valence electrons. The van der Waals surface area contributed by atoms with E-state index in [2.05, 4.69) is 23.0 Å². The van der Waals surface area contributed by atoms with Gasteiger partial charge in [0.1, 0.15) is 6.61 Å². The van der Waals surface area contributed by atoms with E-state index in [-0.39, 0.29) is 12.6 Å². The van der Waals surface area contributed by atoms with Crippen LogP contribution in [0.1, 0.15) is 29.6 Å². The molecule has 5 heteroatoms. The number of thiazole rings is 1. The highest BCUT2D eigenvalue weighted by atomic mass is 32.1. The first kappa shape index (κ1) is 14.8. The highest BCUT2D eigenvalue weighted by molar-refractivity contribution is 7.09. The Balaban J connectivity index is 1.52. The Hall–Kier alpha value is -2.14. The summed E-state index contributed by atoms with van der Waals surface area (Å²) in [6, 6.07) is 8.10. The summed E-state index contributed by atoms with van der Waals surface area (Å²) in [6.07, 6.45) is 3.94. The topological polar surface area (TPSA) is 55.0 Å². The normalized spacial score (nSPS) is 11.0. The van der Waals surface area contributed by atoms with E-state index in [0.29, 0.717) is 12.8 Å². The largest absolute Gasteiger partial charge is 0.459 e. The van der Waals surface area contributed by atoms with Crippen LogP contribution in [0.4, 0.5) is 0 Å². The van der Waals surface area contributed by atoms with Crippen molar-refractivity contribution in [3.05, 3.63) is 52.1 Å². The highest BCUT2D eigenvalue weighted by Crippen LogP contribution is 2.19. The summed E-state index contributed by atoms with van der Waals surface area (Å²) in [6.45, 7) is 2.33. The molecule has 3 rings (SSSR count). The highest BCUT2D eigenvalue weighted by Gasteiger charge is 2.09. The van der Waals surface area contributed by atoms with Crippen LogP contribution < -0.4 is 0 Å². The fourth-order valence-electron chi connectivity index (χ4n) is 2.38. The van der Waals surface area contributed by atoms with E-state index in [1.54, 1.807) is 11.3 Å². The van der Waals surface area contributed by atoms with Gasteiger partial charge in [0.25, 0.3) is 0 Å². The number of para-hydroxylation sites is 1. The van der Waals surface area contributed by atoms with Crippen LogP contribution in [0.3, 0.4) is 0 Å². The molecule has 0 atom stereocenters. The molecule has 2 heterocycles. The van der Waals surface area contributed by atoms with Crippen molar-refractivity contribution >= 4 is 28.2 Å². The third-order valence-electron chi connectivity index (χ3n) is 3.56. The van der Waals surface area contributed by atoms with Gasteiger partial charge in [0.05, 0.1) is 10.7 Å². The van der Waals surface area contributed by atoms with Crippen molar-refractivity contribution < 1.29 is 9.53 Å². The van der Waals surface area contributed by atoms with Crippen LogP contribution in [0, 0.1) is 0 Å². The molecule has 0 bridgehead atoms. The van der Waals surface area contributed by atoms with Gasteiger partial charge in [0, 0.05) is 28.9 Å². The van der Waals surface area contributed by atoms with E-state index in [9.17, 15) is 4.79 Å². The van der Waals surface area contributed by atoms with Crippen LogP contribution in [-0.4, -0.2) is 15.9 Å². The van der Waals surface area contributed by atoms with Crippen molar-refractivity contribution in [2.75, 3.05) is 0 Å². The van der Waals surface area contributed by atoms with Gasteiger partial charge in [0.2, 0.25) is 0 Å². The molecule has 0 radical (unpaired) electrons. The lowest BCUT2D eigenvalue weighted by atomic mass is 10.1. The number of esters is 1. The second-order valence-corrected chi connectivity index (χ2v) is 6.05. The van der Waals surface area contributed by atoms with Crippen LogP contribution in [0.2, 0.25) is 0 Å². The first-order chi connectivity index (χ1) is 10.8. The minimum Gasteiger partial charge on any atom is -0.459 e. The molecule has 0 saturated carbocycles. The molecule has 3 aromatic rings. The third-order valence-corrected chi connectivity index (χ3v) is 4.60. The summed E-state index contributed by atoms with van der Waals surface area (Å²) in [4.78, 5) is 19.5. The predicted octanol–water partition coefficient (Wildman–Crippen LogP) is 3.86. The number of fused-ring (bicyclic) bond motifs is 1. The average Bonchev–Trinajstić information content (AvgIpc) is 3.17. The molecule has 4 nitrogen and oxygen atoms in total. The third kappa shape index (κ3) is 3.36. The number of hydrogen-bond donors (Lipinski definition) is 1. The maximum absolute atomic E-state index is 11.9. The Labute approximate surface area is 133 Å². The van der Waals surface area contributed by atoms with Gasteiger partial charge in [-0.25, -0.2) is 4.98 Å². The summed E-state index contributed by atoms with van der Waals surface area (Å²) in [5, 5.41) is 4.19. The fraction of sp³-hybridized carbons (Fsp3) is 0.294. The molecule has 0 amide bonds. The molecule has 0 saturated heterocycles. The van der Waals surface area contributed by atoms with Gasteiger partial charge >= 0.3 is 5.97 Å². The number of rotatable bonds is 6. The van der Waals surface area contributed by atoms with Gasteiger partial charge in [-0.2, -0.15) is 0 Å². The zero-order valence-corrected chi connectivity index (χ0v) is 13.3. The van der Waals surface area contributed by atoms with Gasteiger partial charge in [0.15, 0.2) is 0 Å². The summed E-state index contributed by atoms with van der Waals surface area (Å²) < 4.78 is 5.29. The number of hydrogen-bond acceptors (Lipinski definition) is 4. The lowest BCUT2D eigenvalue weighted by molar-refractivity contribution is -0.145. The molecule has 0 aliphatic carbocycles. The van der Waals surface area contributed by atoms with E-state index in [4.69, 9.17) is 4.74 Å². The molecule has 1 N–H and O–H groups in total. The number of nitrogens with one attached hydrogen (secondary N) is 1. The molecule has 0 spiro atoms. The molecular weight excluding hydrogens is 296 g/mol. The summed E-state index contributed by atoms with van der Waals surface area (Å²) in [5.74, 6) is -0.184. The van der Waals surface area contributed by atoms with Crippen molar-refractivity contribution in [1.29, 1.82) is 0 Å². The van der Waals surface area contributed by atoms with Crippen LogP contribution in [0.5, 0.6) is 0 Å². The zero-order chi connectivity index (χ0) is 15.4. The minimum absolute atomic E-state index is 0.184. The molecule has 2 aromatic heterocycles. The molecule has 1 aromatic carbocycles. The Bertz CT molecular complexity index is 776. The van der Waals surface area contributed by atoms with Gasteiger partial charge in [-0.05, 0) is 24.5 Å². The Kier molecular flexibility index (Phi) is 4.53. The number of carbonyl (C=O) groups excluding carboxylic acids is 1. The van der Waals surface area contributed by atoms with E-state index in [0.717, 1.165) is 28.2 Å². The smallest absolute Gasteiger partial charge is 0.306 e. The van der Waals surface area contributed by atoms with Gasteiger partial charge in [-0.15, -0.1) is 11.3 Å². The second kappa shape index (κ2) is 6.75. The number of carbonyl (C=O) groups is 1. The average molecular weight is 314 g/mol. The Morgan fingerprint density at radius 2 is 2.23 bits per heavy atom. The first-order valence-electron chi connectivity index (χ1n) is 7.40. The standard InChI is InChI=1S/C17H18N2O2S/c1-2-16-19-13(11-22-16)10-21-17(20)8-7-12-9-18-15-6-4-3-5-14(12)15/h3-6,9,11,18H,2,7-8,10H2,1H3. The molecule has 22 heavy (non-hydrogen) atoms. The number of ether oxygens (including phenoxy) is 1. The maximum Gasteiger partial charge on any atom is 0.306 e. The lowest BCUT2D eigenvalue weighted by Crippen LogP contribution is -2.06. The number of nitrogens with zero attached hydrogens (tertiary/aromatic N) is 1. The van der Waals surface area contributed by atoms with Crippen LogP contribution in [0.15, 0.2) is 35.8 Å². The van der Waals surface area contributed by atoms with Crippen LogP contribution in [0.25, 0.3) is 10.9 Å². The van der Waals surface area contributed by atoms with Gasteiger partial charge in [-0.1, -0.05) is 25.1 Å². The number of benzene rings is 1. The molecule has 0 fully saturated rings. The second-order valence-electron chi connectivity index (χ2n) is 5.11. The number of H-pyrrole nitrogens is 1. The molecule has 0 unspecified atom stereocenters. The Morgan fingerprint density at radius 3 is 3.05 bits per heavy atom. The van der Waals surface area contributed by atoms with Crippen LogP contribution >= 0.6 is 11.3 Å². The minimum atomic E-state index is -0.184. The summed E-state index contributed by atoms with van der Waals surface area (Å²) >= 11 is 1.61. The van der Waals surface area contributed by atoms with Crippen molar-refractivity contribution in [3.8, 4) is 0 Å². The zero-order valence-electron chi connectivity index (χ0n) is 12.5. The molecular formula is C17H18N2O2S. The number of aromatic amines is 1. The fourth-order valence-corrected chi connectivity index (χ4v) is 3.11. The van der Waals surface area contributed by atoms with Crippen molar-refractivity contribution in [1.82, 2.24) is 9.97 Å². The van der Waals surface area contributed by atoms with Crippen molar-refractivity contribution in [2.24, 2.45) is 0 Å². The van der Waals surface area contributed by atoms with Gasteiger partial charge in [-0.3, -0.25) is 4.79 Å². The number of aromatic nitrogens is 2. The SMILES string of the molecule is CCc1nc(COC(=O)CCc2c[nH]c3ccccc23)cs1. The van der Waals surface area contributed by atoms with E-state index < -0.39 is 0 Å². The van der Waals surface area contributed by atoms with Gasteiger partial charge < -0.3 is 9.72 Å².